The third-order valence-electron chi connectivity index (χ3n) is 5.11. The highest BCUT2D eigenvalue weighted by molar-refractivity contribution is 5.87. The maximum absolute atomic E-state index is 10.8. The van der Waals surface area contributed by atoms with Crippen LogP contribution in [0.4, 0.5) is 10.5 Å². The van der Waals surface area contributed by atoms with Crippen molar-refractivity contribution in [1.29, 1.82) is 0 Å². The van der Waals surface area contributed by atoms with Gasteiger partial charge >= 0.3 is 6.03 Å². The average molecular weight is 383 g/mol. The SMILES string of the molecule is NC(=O)Nc1ccc(OC[C@@H](O)CN2CCC(Cc3ccccc3)CC2)cc1. The van der Waals surface area contributed by atoms with Crippen molar-refractivity contribution in [3.63, 3.8) is 0 Å². The van der Waals surface area contributed by atoms with Crippen molar-refractivity contribution >= 4 is 11.7 Å². The molecule has 1 heterocycles. The molecule has 6 nitrogen and oxygen atoms in total. The molecule has 0 bridgehead atoms. The summed E-state index contributed by atoms with van der Waals surface area (Å²) in [6.07, 6.45) is 2.93. The normalized spacial score (nSPS) is 16.5. The minimum Gasteiger partial charge on any atom is -0.491 e. The number of aliphatic hydroxyl groups excluding tert-OH is 1. The second-order valence-corrected chi connectivity index (χ2v) is 7.41. The van der Waals surface area contributed by atoms with Gasteiger partial charge in [-0.05, 0) is 68.1 Å². The van der Waals surface area contributed by atoms with E-state index in [9.17, 15) is 9.90 Å². The number of carbonyl (C=O) groups is 1. The fourth-order valence-electron chi connectivity index (χ4n) is 3.64. The Morgan fingerprint density at radius 3 is 2.46 bits per heavy atom. The van der Waals surface area contributed by atoms with Crippen LogP contribution in [0.25, 0.3) is 0 Å². The molecule has 0 saturated carbocycles. The summed E-state index contributed by atoms with van der Waals surface area (Å²) in [4.78, 5) is 13.1. The molecule has 3 rings (SSSR count). The highest BCUT2D eigenvalue weighted by atomic mass is 16.5. The quantitative estimate of drug-likeness (QED) is 0.654. The number of nitrogens with zero attached hydrogens (tertiary/aromatic N) is 1. The first-order valence-corrected chi connectivity index (χ1v) is 9.82. The predicted molar refractivity (Wildman–Crippen MR) is 110 cm³/mol. The number of urea groups is 1. The summed E-state index contributed by atoms with van der Waals surface area (Å²) in [6.45, 7) is 2.90. The highest BCUT2D eigenvalue weighted by Crippen LogP contribution is 2.22. The van der Waals surface area contributed by atoms with Crippen molar-refractivity contribution in [1.82, 2.24) is 4.90 Å². The number of hydrogen-bond donors (Lipinski definition) is 3. The molecule has 2 amide bonds. The molecule has 1 aliphatic rings. The van der Waals surface area contributed by atoms with Gasteiger partial charge in [0.05, 0.1) is 0 Å². The van der Waals surface area contributed by atoms with E-state index < -0.39 is 12.1 Å². The number of carbonyl (C=O) groups excluding carboxylic acids is 1. The van der Waals surface area contributed by atoms with E-state index >= 15 is 0 Å². The zero-order chi connectivity index (χ0) is 19.8. The van der Waals surface area contributed by atoms with Crippen molar-refractivity contribution in [3.05, 3.63) is 60.2 Å². The Balaban J connectivity index is 1.35. The number of primary amides is 1. The summed E-state index contributed by atoms with van der Waals surface area (Å²) in [7, 11) is 0. The van der Waals surface area contributed by atoms with Crippen LogP contribution in [0.3, 0.4) is 0 Å². The number of amides is 2. The molecule has 0 radical (unpaired) electrons. The van der Waals surface area contributed by atoms with Crippen LogP contribution >= 0.6 is 0 Å². The Hall–Kier alpha value is -2.57. The smallest absolute Gasteiger partial charge is 0.316 e. The van der Waals surface area contributed by atoms with Crippen LogP contribution in [0.5, 0.6) is 5.75 Å². The lowest BCUT2D eigenvalue weighted by molar-refractivity contribution is 0.0550. The van der Waals surface area contributed by atoms with Crippen molar-refractivity contribution in [2.45, 2.75) is 25.4 Å². The number of nitrogens with one attached hydrogen (secondary N) is 1. The molecule has 150 valence electrons. The third-order valence-corrected chi connectivity index (χ3v) is 5.11. The lowest BCUT2D eigenvalue weighted by Crippen LogP contribution is -2.41. The maximum atomic E-state index is 10.8. The average Bonchev–Trinajstić information content (AvgIpc) is 2.69. The molecule has 2 aromatic carbocycles. The minimum atomic E-state index is -0.600. The first kappa shape index (κ1) is 20.2. The van der Waals surface area contributed by atoms with E-state index in [2.05, 4.69) is 40.5 Å². The van der Waals surface area contributed by atoms with Crippen LogP contribution in [-0.2, 0) is 6.42 Å². The van der Waals surface area contributed by atoms with Gasteiger partial charge in [0.1, 0.15) is 18.5 Å². The highest BCUT2D eigenvalue weighted by Gasteiger charge is 2.21. The summed E-state index contributed by atoms with van der Waals surface area (Å²) in [5.74, 6) is 1.37. The summed E-state index contributed by atoms with van der Waals surface area (Å²) >= 11 is 0. The number of likely N-dealkylation sites (tertiary alicyclic amines) is 1. The molecule has 0 aliphatic carbocycles. The van der Waals surface area contributed by atoms with E-state index in [0.717, 1.165) is 38.3 Å². The maximum Gasteiger partial charge on any atom is 0.316 e. The van der Waals surface area contributed by atoms with Crippen LogP contribution in [0.1, 0.15) is 18.4 Å². The zero-order valence-corrected chi connectivity index (χ0v) is 16.1. The molecule has 1 fully saturated rings. The second kappa shape index (κ2) is 10.1. The van der Waals surface area contributed by atoms with Gasteiger partial charge in [-0.1, -0.05) is 30.3 Å². The van der Waals surface area contributed by atoms with E-state index in [4.69, 9.17) is 10.5 Å². The Bertz CT molecular complexity index is 728. The Morgan fingerprint density at radius 1 is 1.14 bits per heavy atom. The van der Waals surface area contributed by atoms with Gasteiger partial charge in [-0.3, -0.25) is 0 Å². The molecule has 0 spiro atoms. The Labute approximate surface area is 166 Å². The topological polar surface area (TPSA) is 87.8 Å². The predicted octanol–water partition coefficient (Wildman–Crippen LogP) is 2.87. The fourth-order valence-corrected chi connectivity index (χ4v) is 3.64. The third kappa shape index (κ3) is 6.55. The molecular weight excluding hydrogens is 354 g/mol. The first-order valence-electron chi connectivity index (χ1n) is 9.82. The van der Waals surface area contributed by atoms with E-state index in [1.165, 1.54) is 5.56 Å². The lowest BCUT2D eigenvalue weighted by Gasteiger charge is -2.33. The second-order valence-electron chi connectivity index (χ2n) is 7.41. The number of ether oxygens (including phenoxy) is 1. The number of piperidine rings is 1. The number of aliphatic hydroxyl groups is 1. The molecule has 4 N–H and O–H groups in total. The van der Waals surface area contributed by atoms with Gasteiger partial charge in [-0.25, -0.2) is 4.79 Å². The standard InChI is InChI=1S/C22H29N3O3/c23-22(27)24-19-6-8-21(9-7-19)28-16-20(26)15-25-12-10-18(11-13-25)14-17-4-2-1-3-5-17/h1-9,18,20,26H,10-16H2,(H3,23,24,27)/t20-/m0/s1. The summed E-state index contributed by atoms with van der Waals surface area (Å²) in [5.41, 5.74) is 7.10. The number of nitrogens with two attached hydrogens (primary N) is 1. The summed E-state index contributed by atoms with van der Waals surface area (Å²) in [5, 5.41) is 12.8. The van der Waals surface area contributed by atoms with Gasteiger partial charge in [0, 0.05) is 12.2 Å². The van der Waals surface area contributed by atoms with Crippen molar-refractivity contribution < 1.29 is 14.6 Å². The lowest BCUT2D eigenvalue weighted by atomic mass is 9.90. The molecule has 0 aromatic heterocycles. The molecular formula is C22H29N3O3. The van der Waals surface area contributed by atoms with Crippen LogP contribution in [0, 0.1) is 5.92 Å². The molecule has 0 unspecified atom stereocenters. The molecule has 2 aromatic rings. The first-order chi connectivity index (χ1) is 13.6. The monoisotopic (exact) mass is 383 g/mol. The molecule has 1 aliphatic heterocycles. The summed E-state index contributed by atoms with van der Waals surface area (Å²) in [6, 6.07) is 17.0. The van der Waals surface area contributed by atoms with Crippen LogP contribution in [0.2, 0.25) is 0 Å². The zero-order valence-electron chi connectivity index (χ0n) is 16.1. The van der Waals surface area contributed by atoms with Gasteiger partial charge in [0.2, 0.25) is 0 Å². The van der Waals surface area contributed by atoms with Gasteiger partial charge in [0.25, 0.3) is 0 Å². The van der Waals surface area contributed by atoms with E-state index in [1.54, 1.807) is 24.3 Å². The van der Waals surface area contributed by atoms with E-state index in [1.807, 2.05) is 0 Å². The van der Waals surface area contributed by atoms with Crippen molar-refractivity contribution in [3.8, 4) is 5.75 Å². The number of hydrogen-bond acceptors (Lipinski definition) is 4. The molecule has 1 atom stereocenters. The summed E-state index contributed by atoms with van der Waals surface area (Å²) < 4.78 is 5.65. The van der Waals surface area contributed by atoms with Gasteiger partial charge in [0.15, 0.2) is 0 Å². The largest absolute Gasteiger partial charge is 0.491 e. The van der Waals surface area contributed by atoms with Crippen LogP contribution < -0.4 is 15.8 Å². The number of rotatable bonds is 8. The van der Waals surface area contributed by atoms with Gasteiger partial charge in [-0.2, -0.15) is 0 Å². The van der Waals surface area contributed by atoms with Crippen molar-refractivity contribution in [2.24, 2.45) is 11.7 Å². The van der Waals surface area contributed by atoms with E-state index in [-0.39, 0.29) is 6.61 Å². The van der Waals surface area contributed by atoms with Crippen molar-refractivity contribution in [2.75, 3.05) is 31.6 Å². The van der Waals surface area contributed by atoms with Crippen LogP contribution in [-0.4, -0.2) is 48.4 Å². The van der Waals surface area contributed by atoms with Crippen LogP contribution in [0.15, 0.2) is 54.6 Å². The Kier molecular flexibility index (Phi) is 7.28. The fraction of sp³-hybridized carbons (Fsp3) is 0.409. The number of anilines is 1. The molecule has 1 saturated heterocycles. The minimum absolute atomic E-state index is 0.243. The van der Waals surface area contributed by atoms with E-state index in [0.29, 0.717) is 18.0 Å². The number of β-amino-alcohol motifs (C(OH)–C–C–N with tert-alkyl or cyclic N) is 1. The van der Waals surface area contributed by atoms with Gasteiger partial charge in [-0.15, -0.1) is 0 Å². The van der Waals surface area contributed by atoms with Gasteiger partial charge < -0.3 is 25.8 Å². The molecule has 28 heavy (non-hydrogen) atoms. The number of benzene rings is 2. The molecule has 6 heteroatoms. The Morgan fingerprint density at radius 2 is 1.82 bits per heavy atom.